The number of rotatable bonds is 5. The Labute approximate surface area is 83.6 Å². The Kier molecular flexibility index (Phi) is 3.03. The first-order chi connectivity index (χ1) is 6.77. The molecule has 1 heterocycles. The highest BCUT2D eigenvalue weighted by Crippen LogP contribution is 2.28. The number of carboxylic acids is 1. The zero-order valence-corrected chi connectivity index (χ0v) is 8.24. The van der Waals surface area contributed by atoms with Gasteiger partial charge in [0.2, 0.25) is 0 Å². The number of hydrogen-bond donors (Lipinski definition) is 2. The van der Waals surface area contributed by atoms with E-state index in [9.17, 15) is 4.79 Å². The van der Waals surface area contributed by atoms with Crippen LogP contribution in [0.25, 0.3) is 0 Å². The lowest BCUT2D eigenvalue weighted by Crippen LogP contribution is -2.46. The lowest BCUT2D eigenvalue weighted by molar-refractivity contribution is -0.142. The SMILES string of the molecule is O=C(O)C(NCC1CC1)C1CCCO1. The molecule has 0 amide bonds. The second kappa shape index (κ2) is 4.28. The van der Waals surface area contributed by atoms with Crippen LogP contribution in [-0.2, 0) is 9.53 Å². The first-order valence-corrected chi connectivity index (χ1v) is 5.35. The molecule has 0 spiro atoms. The largest absolute Gasteiger partial charge is 0.480 e. The lowest BCUT2D eigenvalue weighted by Gasteiger charge is -2.19. The van der Waals surface area contributed by atoms with Crippen molar-refractivity contribution >= 4 is 5.97 Å². The average Bonchev–Trinajstić information content (AvgIpc) is 2.80. The average molecular weight is 199 g/mol. The third kappa shape index (κ3) is 2.45. The Morgan fingerprint density at radius 1 is 1.50 bits per heavy atom. The van der Waals surface area contributed by atoms with E-state index in [1.165, 1.54) is 12.8 Å². The highest BCUT2D eigenvalue weighted by atomic mass is 16.5. The fourth-order valence-electron chi connectivity index (χ4n) is 1.86. The highest BCUT2D eigenvalue weighted by Gasteiger charge is 2.32. The molecule has 2 fully saturated rings. The van der Waals surface area contributed by atoms with Gasteiger partial charge in [0, 0.05) is 6.61 Å². The van der Waals surface area contributed by atoms with Crippen molar-refractivity contribution in [3.63, 3.8) is 0 Å². The normalized spacial score (nSPS) is 29.0. The minimum absolute atomic E-state index is 0.119. The Morgan fingerprint density at radius 3 is 2.79 bits per heavy atom. The van der Waals surface area contributed by atoms with Crippen molar-refractivity contribution in [3.05, 3.63) is 0 Å². The molecule has 4 heteroatoms. The maximum absolute atomic E-state index is 11.0. The van der Waals surface area contributed by atoms with Crippen molar-refractivity contribution in [2.75, 3.05) is 13.2 Å². The van der Waals surface area contributed by atoms with Crippen molar-refractivity contribution < 1.29 is 14.6 Å². The first kappa shape index (κ1) is 9.93. The molecule has 1 saturated carbocycles. The molecule has 1 saturated heterocycles. The molecule has 0 aromatic rings. The van der Waals surface area contributed by atoms with Crippen LogP contribution in [0, 0.1) is 5.92 Å². The molecular formula is C10H17NO3. The summed E-state index contributed by atoms with van der Waals surface area (Å²) in [6, 6.07) is -0.502. The summed E-state index contributed by atoms with van der Waals surface area (Å²) < 4.78 is 5.39. The standard InChI is InChI=1S/C10H17NO3/c12-10(13)9(8-2-1-5-14-8)11-6-7-3-4-7/h7-9,11H,1-6H2,(H,12,13). The van der Waals surface area contributed by atoms with Gasteiger partial charge in [0.25, 0.3) is 0 Å². The van der Waals surface area contributed by atoms with Gasteiger partial charge in [0.1, 0.15) is 6.04 Å². The summed E-state index contributed by atoms with van der Waals surface area (Å²) in [7, 11) is 0. The van der Waals surface area contributed by atoms with Crippen molar-refractivity contribution in [1.82, 2.24) is 5.32 Å². The topological polar surface area (TPSA) is 58.6 Å². The van der Waals surface area contributed by atoms with Gasteiger partial charge in [-0.1, -0.05) is 0 Å². The third-order valence-electron chi connectivity index (χ3n) is 2.93. The molecule has 4 nitrogen and oxygen atoms in total. The van der Waals surface area contributed by atoms with Crippen LogP contribution < -0.4 is 5.32 Å². The Hall–Kier alpha value is -0.610. The summed E-state index contributed by atoms with van der Waals surface area (Å²) in [4.78, 5) is 11.0. The number of aliphatic carboxylic acids is 1. The molecule has 1 aliphatic heterocycles. The van der Waals surface area contributed by atoms with Gasteiger partial charge in [-0.05, 0) is 38.1 Å². The molecule has 0 aromatic heterocycles. The number of carbonyl (C=O) groups is 1. The zero-order chi connectivity index (χ0) is 9.97. The van der Waals surface area contributed by atoms with E-state index in [4.69, 9.17) is 9.84 Å². The molecular weight excluding hydrogens is 182 g/mol. The van der Waals surface area contributed by atoms with Crippen LogP contribution in [0.15, 0.2) is 0 Å². The predicted molar refractivity (Wildman–Crippen MR) is 51.1 cm³/mol. The Balaban J connectivity index is 1.81. The molecule has 2 unspecified atom stereocenters. The van der Waals surface area contributed by atoms with Gasteiger partial charge in [-0.25, -0.2) is 0 Å². The fourth-order valence-corrected chi connectivity index (χ4v) is 1.86. The summed E-state index contributed by atoms with van der Waals surface area (Å²) in [5.41, 5.74) is 0. The summed E-state index contributed by atoms with van der Waals surface area (Å²) in [5, 5.41) is 12.1. The van der Waals surface area contributed by atoms with E-state index in [1.54, 1.807) is 0 Å². The molecule has 1 aliphatic carbocycles. The molecule has 2 rings (SSSR count). The maximum atomic E-state index is 11.0. The monoisotopic (exact) mass is 199 g/mol. The minimum Gasteiger partial charge on any atom is -0.480 e. The van der Waals surface area contributed by atoms with Gasteiger partial charge in [0.15, 0.2) is 0 Å². The van der Waals surface area contributed by atoms with Crippen molar-refractivity contribution in [2.45, 2.75) is 37.8 Å². The predicted octanol–water partition coefficient (Wildman–Crippen LogP) is 0.618. The quantitative estimate of drug-likeness (QED) is 0.681. The first-order valence-electron chi connectivity index (χ1n) is 5.35. The van der Waals surface area contributed by atoms with Crippen molar-refractivity contribution in [1.29, 1.82) is 0 Å². The van der Waals surface area contributed by atoms with Gasteiger partial charge in [-0.2, -0.15) is 0 Å². The van der Waals surface area contributed by atoms with E-state index in [2.05, 4.69) is 5.32 Å². The number of hydrogen-bond acceptors (Lipinski definition) is 3. The molecule has 0 bridgehead atoms. The van der Waals surface area contributed by atoms with Crippen molar-refractivity contribution in [2.24, 2.45) is 5.92 Å². The smallest absolute Gasteiger partial charge is 0.323 e. The van der Waals surface area contributed by atoms with Gasteiger partial charge in [0.05, 0.1) is 6.10 Å². The molecule has 14 heavy (non-hydrogen) atoms. The molecule has 2 N–H and O–H groups in total. The zero-order valence-electron chi connectivity index (χ0n) is 8.24. The highest BCUT2D eigenvalue weighted by molar-refractivity contribution is 5.74. The van der Waals surface area contributed by atoms with Crippen LogP contribution in [0.2, 0.25) is 0 Å². The third-order valence-corrected chi connectivity index (χ3v) is 2.93. The van der Waals surface area contributed by atoms with Gasteiger partial charge < -0.3 is 15.2 Å². The van der Waals surface area contributed by atoms with Crippen LogP contribution in [-0.4, -0.2) is 36.4 Å². The number of nitrogens with one attached hydrogen (secondary N) is 1. The van der Waals surface area contributed by atoms with E-state index < -0.39 is 12.0 Å². The van der Waals surface area contributed by atoms with Gasteiger partial charge >= 0.3 is 5.97 Å². The molecule has 0 aromatic carbocycles. The second-order valence-corrected chi connectivity index (χ2v) is 4.22. The van der Waals surface area contributed by atoms with Crippen LogP contribution in [0.3, 0.4) is 0 Å². The summed E-state index contributed by atoms with van der Waals surface area (Å²) >= 11 is 0. The fraction of sp³-hybridized carbons (Fsp3) is 0.900. The van der Waals surface area contributed by atoms with E-state index in [0.29, 0.717) is 12.5 Å². The van der Waals surface area contributed by atoms with Gasteiger partial charge in [-0.15, -0.1) is 0 Å². The minimum atomic E-state index is -0.780. The van der Waals surface area contributed by atoms with Crippen molar-refractivity contribution in [3.8, 4) is 0 Å². The van der Waals surface area contributed by atoms with E-state index >= 15 is 0 Å². The number of ether oxygens (including phenoxy) is 1. The molecule has 80 valence electrons. The lowest BCUT2D eigenvalue weighted by atomic mass is 10.1. The summed E-state index contributed by atoms with van der Waals surface area (Å²) in [6.07, 6.45) is 4.22. The maximum Gasteiger partial charge on any atom is 0.323 e. The van der Waals surface area contributed by atoms with Crippen LogP contribution in [0.1, 0.15) is 25.7 Å². The van der Waals surface area contributed by atoms with E-state index in [1.807, 2.05) is 0 Å². The summed E-state index contributed by atoms with van der Waals surface area (Å²) in [5.74, 6) is -0.0733. The van der Waals surface area contributed by atoms with E-state index in [0.717, 1.165) is 19.4 Å². The number of carboxylic acid groups (broad SMARTS) is 1. The molecule has 0 radical (unpaired) electrons. The van der Waals surface area contributed by atoms with Crippen LogP contribution in [0.5, 0.6) is 0 Å². The second-order valence-electron chi connectivity index (χ2n) is 4.22. The molecule has 2 atom stereocenters. The summed E-state index contributed by atoms with van der Waals surface area (Å²) in [6.45, 7) is 1.54. The van der Waals surface area contributed by atoms with Crippen LogP contribution >= 0.6 is 0 Å². The Bertz CT molecular complexity index is 209. The van der Waals surface area contributed by atoms with E-state index in [-0.39, 0.29) is 6.10 Å². The Morgan fingerprint density at radius 2 is 2.29 bits per heavy atom. The molecule has 2 aliphatic rings. The van der Waals surface area contributed by atoms with Crippen LogP contribution in [0.4, 0.5) is 0 Å². The van der Waals surface area contributed by atoms with Gasteiger partial charge in [-0.3, -0.25) is 4.79 Å².